The molecule has 2 amide bonds. The number of benzene rings is 2. The number of carbonyl (C=O) groups excluding carboxylic acids is 2. The van der Waals surface area contributed by atoms with E-state index in [-0.39, 0.29) is 37.1 Å². The minimum absolute atomic E-state index is 0.0108. The maximum atomic E-state index is 12.9. The zero-order valence-electron chi connectivity index (χ0n) is 17.4. The number of anilines is 1. The highest BCUT2D eigenvalue weighted by molar-refractivity contribution is 5.95. The molecule has 0 bridgehead atoms. The molecule has 0 spiro atoms. The van der Waals surface area contributed by atoms with Crippen LogP contribution in [0.15, 0.2) is 63.9 Å². The Hall–Kier alpha value is -3.92. The molecule has 2 aromatic carbocycles. The number of hydrogen-bond donors (Lipinski definition) is 2. The third-order valence-electron chi connectivity index (χ3n) is 5.10. The van der Waals surface area contributed by atoms with Crippen molar-refractivity contribution in [3.05, 3.63) is 70.7 Å². The molecule has 166 valence electrons. The summed E-state index contributed by atoms with van der Waals surface area (Å²) in [6, 6.07) is 16.0. The molecule has 3 aromatic rings. The number of aromatic nitrogens is 2. The van der Waals surface area contributed by atoms with Gasteiger partial charge in [-0.05, 0) is 34.2 Å². The number of morpholine rings is 1. The van der Waals surface area contributed by atoms with Gasteiger partial charge in [-0.15, -0.1) is 0 Å². The van der Waals surface area contributed by atoms with E-state index in [0.717, 1.165) is 0 Å². The van der Waals surface area contributed by atoms with Gasteiger partial charge in [0.05, 0.1) is 20.1 Å². The first-order chi connectivity index (χ1) is 15.5. The zero-order chi connectivity index (χ0) is 22.5. The van der Waals surface area contributed by atoms with Gasteiger partial charge in [0.25, 0.3) is 5.91 Å². The number of ether oxygens (including phenoxy) is 2. The van der Waals surface area contributed by atoms with Crippen molar-refractivity contribution in [3.8, 4) is 11.4 Å². The van der Waals surface area contributed by atoms with Crippen molar-refractivity contribution in [2.45, 2.75) is 19.1 Å². The molecule has 0 radical (unpaired) electrons. The van der Waals surface area contributed by atoms with Crippen molar-refractivity contribution in [1.82, 2.24) is 10.2 Å². The van der Waals surface area contributed by atoms with Crippen LogP contribution >= 0.6 is 0 Å². The first-order valence-corrected chi connectivity index (χ1v) is 10.1. The summed E-state index contributed by atoms with van der Waals surface area (Å²) in [6.45, 7) is 0.563. The number of para-hydroxylation sites is 1. The summed E-state index contributed by atoms with van der Waals surface area (Å²) in [5.74, 6) is -0.0195. The Kier molecular flexibility index (Phi) is 6.31. The number of rotatable bonds is 7. The second-order valence-corrected chi connectivity index (χ2v) is 7.20. The van der Waals surface area contributed by atoms with E-state index >= 15 is 0 Å². The maximum Gasteiger partial charge on any atom is 0.432 e. The molecule has 4 rings (SSSR count). The van der Waals surface area contributed by atoms with E-state index in [1.54, 1.807) is 55.6 Å². The van der Waals surface area contributed by atoms with Crippen LogP contribution in [0.25, 0.3) is 5.69 Å². The van der Waals surface area contributed by atoms with E-state index in [2.05, 4.69) is 10.6 Å². The average Bonchev–Trinajstić information content (AvgIpc) is 3.17. The normalized spacial score (nSPS) is 16.1. The number of hydrogen-bond acceptors (Lipinski definition) is 6. The fraction of sp³-hybridized carbons (Fsp3) is 0.273. The van der Waals surface area contributed by atoms with Crippen molar-refractivity contribution >= 4 is 17.5 Å². The van der Waals surface area contributed by atoms with Crippen LogP contribution in [0.1, 0.15) is 12.1 Å². The molecule has 2 N–H and O–H groups in total. The molecule has 2 heterocycles. The Balaban J connectivity index is 1.45. The van der Waals surface area contributed by atoms with E-state index < -0.39 is 11.7 Å². The third kappa shape index (κ3) is 4.70. The molecule has 0 saturated carbocycles. The first-order valence-electron chi connectivity index (χ1n) is 10.1. The fourth-order valence-corrected chi connectivity index (χ4v) is 3.44. The zero-order valence-corrected chi connectivity index (χ0v) is 17.4. The summed E-state index contributed by atoms with van der Waals surface area (Å²) in [6.07, 6.45) is -1.04. The van der Waals surface area contributed by atoms with Crippen LogP contribution in [0, 0.1) is 0 Å². The Bertz CT molecular complexity index is 1140. The molecule has 1 aromatic heterocycles. The Labute approximate surface area is 183 Å². The molecule has 1 saturated heterocycles. The van der Waals surface area contributed by atoms with Gasteiger partial charge in [-0.1, -0.05) is 18.2 Å². The van der Waals surface area contributed by atoms with Crippen LogP contribution in [0.4, 0.5) is 5.69 Å². The van der Waals surface area contributed by atoms with E-state index in [1.165, 1.54) is 9.58 Å². The van der Waals surface area contributed by atoms with Crippen LogP contribution in [-0.4, -0.2) is 48.4 Å². The van der Waals surface area contributed by atoms with Gasteiger partial charge in [0.15, 0.2) is 0 Å². The summed E-state index contributed by atoms with van der Waals surface area (Å²) < 4.78 is 17.1. The Morgan fingerprint density at radius 2 is 1.94 bits per heavy atom. The van der Waals surface area contributed by atoms with Gasteiger partial charge in [-0.25, -0.2) is 4.79 Å². The van der Waals surface area contributed by atoms with Crippen molar-refractivity contribution in [3.63, 3.8) is 0 Å². The lowest BCUT2D eigenvalue weighted by Crippen LogP contribution is -2.51. The lowest BCUT2D eigenvalue weighted by molar-refractivity contribution is -0.678. The van der Waals surface area contributed by atoms with Crippen LogP contribution in [0.5, 0.6) is 5.75 Å². The second kappa shape index (κ2) is 9.48. The molecule has 10 nitrogen and oxygen atoms in total. The standard InChI is InChI=1S/C22H22N4O6/c1-30-17-9-7-16(8-10-17)26-18(22(29)32-24-26)14-25-11-12-31-19(21(25)28)13-20(27)23-15-5-3-2-4-6-15/h2-10,19H,11-14H2,1H3,(H-,23,24,27,29)/p+1. The summed E-state index contributed by atoms with van der Waals surface area (Å²) >= 11 is 0. The molecule has 1 aliphatic rings. The Morgan fingerprint density at radius 1 is 1.19 bits per heavy atom. The van der Waals surface area contributed by atoms with Gasteiger partial charge in [0, 0.05) is 24.4 Å². The average molecular weight is 439 g/mol. The van der Waals surface area contributed by atoms with Crippen molar-refractivity contribution in [1.29, 1.82) is 0 Å². The largest absolute Gasteiger partial charge is 0.497 e. The molecule has 0 aliphatic carbocycles. The van der Waals surface area contributed by atoms with Gasteiger partial charge in [-0.3, -0.25) is 14.1 Å². The summed E-state index contributed by atoms with van der Waals surface area (Å²) in [5, 5.41) is 5.30. The number of carbonyl (C=O) groups is 2. The van der Waals surface area contributed by atoms with E-state index in [4.69, 9.17) is 14.0 Å². The highest BCUT2D eigenvalue weighted by atomic mass is 16.5. The Morgan fingerprint density at radius 3 is 2.66 bits per heavy atom. The topological polar surface area (TPSA) is 118 Å². The molecular weight excluding hydrogens is 416 g/mol. The van der Waals surface area contributed by atoms with Gasteiger partial charge < -0.3 is 19.7 Å². The number of amides is 2. The number of nitrogens with zero attached hydrogens (tertiary/aromatic N) is 2. The van der Waals surface area contributed by atoms with Crippen molar-refractivity contribution in [2.24, 2.45) is 0 Å². The van der Waals surface area contributed by atoms with E-state index in [0.29, 0.717) is 23.7 Å². The van der Waals surface area contributed by atoms with Gasteiger partial charge in [-0.2, -0.15) is 0 Å². The number of aromatic amines is 1. The van der Waals surface area contributed by atoms with Crippen LogP contribution in [0.2, 0.25) is 0 Å². The van der Waals surface area contributed by atoms with Crippen molar-refractivity contribution < 1.29 is 28.3 Å². The second-order valence-electron chi connectivity index (χ2n) is 7.20. The smallest absolute Gasteiger partial charge is 0.432 e. The monoisotopic (exact) mass is 439 g/mol. The lowest BCUT2D eigenvalue weighted by atomic mass is 10.1. The SMILES string of the molecule is COc1ccc(-[n+]2[nH]oc(=O)c2CN2CCOC(CC(=O)Nc3ccccc3)C2=O)cc1. The third-order valence-corrected chi connectivity index (χ3v) is 5.10. The van der Waals surface area contributed by atoms with Crippen LogP contribution in [0.3, 0.4) is 0 Å². The summed E-state index contributed by atoms with van der Waals surface area (Å²) in [5.41, 5.74) is 0.950. The van der Waals surface area contributed by atoms with Crippen molar-refractivity contribution in [2.75, 3.05) is 25.6 Å². The number of H-pyrrole nitrogens is 1. The minimum atomic E-state index is -0.923. The summed E-state index contributed by atoms with van der Waals surface area (Å²) in [4.78, 5) is 39.1. The van der Waals surface area contributed by atoms with Crippen LogP contribution < -0.4 is 20.4 Å². The summed E-state index contributed by atoms with van der Waals surface area (Å²) in [7, 11) is 1.56. The molecule has 1 aliphatic heterocycles. The van der Waals surface area contributed by atoms with Gasteiger partial charge in [0.2, 0.25) is 11.6 Å². The predicted molar refractivity (Wildman–Crippen MR) is 112 cm³/mol. The molecule has 1 fully saturated rings. The van der Waals surface area contributed by atoms with E-state index in [9.17, 15) is 14.4 Å². The van der Waals surface area contributed by atoms with E-state index in [1.807, 2.05) is 6.07 Å². The van der Waals surface area contributed by atoms with Gasteiger partial charge >= 0.3 is 11.3 Å². The van der Waals surface area contributed by atoms with Crippen LogP contribution in [-0.2, 0) is 20.9 Å². The molecule has 1 atom stereocenters. The molecular formula is C22H23N4O6+. The highest BCUT2D eigenvalue weighted by Crippen LogP contribution is 2.15. The fourth-order valence-electron chi connectivity index (χ4n) is 3.44. The molecule has 1 unspecified atom stereocenters. The first kappa shape index (κ1) is 21.3. The minimum Gasteiger partial charge on any atom is -0.497 e. The lowest BCUT2D eigenvalue weighted by Gasteiger charge is -2.30. The van der Waals surface area contributed by atoms with Gasteiger partial charge in [0.1, 0.15) is 18.4 Å². The maximum absolute atomic E-state index is 12.9. The molecule has 32 heavy (non-hydrogen) atoms. The number of methoxy groups -OCH3 is 1. The quantitative estimate of drug-likeness (QED) is 0.531. The highest BCUT2D eigenvalue weighted by Gasteiger charge is 2.35. The molecule has 10 heteroatoms. The number of nitrogens with one attached hydrogen (secondary N) is 2. The predicted octanol–water partition coefficient (Wildman–Crippen LogP) is 1.01.